The SMILES string of the molecule is CCS(=O)(=O)Nc1cccc(C2=NN(S(=O)(=O)c3ccc(Cl)cc3)[C@H](c3ccc(C)cc3)C2)c1. The van der Waals surface area contributed by atoms with E-state index in [-0.39, 0.29) is 10.6 Å². The van der Waals surface area contributed by atoms with Crippen molar-refractivity contribution in [3.8, 4) is 0 Å². The molecule has 0 aliphatic carbocycles. The Balaban J connectivity index is 1.76. The summed E-state index contributed by atoms with van der Waals surface area (Å²) in [6, 6.07) is 19.9. The zero-order chi connectivity index (χ0) is 24.5. The van der Waals surface area contributed by atoms with Gasteiger partial charge < -0.3 is 0 Å². The molecular formula is C24H24ClN3O4S2. The van der Waals surface area contributed by atoms with Crippen LogP contribution in [0.2, 0.25) is 5.02 Å². The molecule has 10 heteroatoms. The summed E-state index contributed by atoms with van der Waals surface area (Å²) in [6.07, 6.45) is 0.333. The molecular weight excluding hydrogens is 494 g/mol. The number of sulfonamides is 2. The predicted octanol–water partition coefficient (Wildman–Crippen LogP) is 4.95. The number of nitrogens with zero attached hydrogens (tertiary/aromatic N) is 2. The summed E-state index contributed by atoms with van der Waals surface area (Å²) >= 11 is 5.95. The Morgan fingerprint density at radius 2 is 1.68 bits per heavy atom. The van der Waals surface area contributed by atoms with Crippen LogP contribution < -0.4 is 4.72 Å². The lowest BCUT2D eigenvalue weighted by Gasteiger charge is -2.23. The van der Waals surface area contributed by atoms with Crippen molar-refractivity contribution in [2.24, 2.45) is 5.10 Å². The van der Waals surface area contributed by atoms with Gasteiger partial charge in [0.05, 0.1) is 22.4 Å². The maximum absolute atomic E-state index is 13.6. The summed E-state index contributed by atoms with van der Waals surface area (Å²) in [5.41, 5.74) is 3.45. The Hall–Kier alpha value is -2.88. The first-order chi connectivity index (χ1) is 16.1. The summed E-state index contributed by atoms with van der Waals surface area (Å²) in [6.45, 7) is 3.52. The Kier molecular flexibility index (Phi) is 6.71. The van der Waals surface area contributed by atoms with Gasteiger partial charge in [0.2, 0.25) is 10.0 Å². The summed E-state index contributed by atoms with van der Waals surface area (Å²) in [5, 5.41) is 4.95. The van der Waals surface area contributed by atoms with Gasteiger partial charge in [0.1, 0.15) is 0 Å². The normalized spacial score (nSPS) is 16.4. The quantitative estimate of drug-likeness (QED) is 0.479. The number of benzene rings is 3. The third-order valence-electron chi connectivity index (χ3n) is 5.54. The van der Waals surface area contributed by atoms with Gasteiger partial charge in [0.15, 0.2) is 0 Å². The molecule has 1 aliphatic heterocycles. The van der Waals surface area contributed by atoms with Gasteiger partial charge in [-0.05, 0) is 61.4 Å². The average Bonchev–Trinajstić information content (AvgIpc) is 3.26. The molecule has 3 aromatic rings. The van der Waals surface area contributed by atoms with Crippen LogP contribution in [0.4, 0.5) is 5.69 Å². The van der Waals surface area contributed by atoms with Gasteiger partial charge in [-0.1, -0.05) is 53.6 Å². The fraction of sp³-hybridized carbons (Fsp3) is 0.208. The van der Waals surface area contributed by atoms with E-state index in [2.05, 4.69) is 9.82 Å². The highest BCUT2D eigenvalue weighted by molar-refractivity contribution is 7.92. The van der Waals surface area contributed by atoms with Gasteiger partial charge in [0, 0.05) is 17.1 Å². The standard InChI is InChI=1S/C24H24ClN3O4S2/c1-3-33(29,30)27-21-6-4-5-19(15-21)23-16-24(18-9-7-17(2)8-10-18)28(26-23)34(31,32)22-13-11-20(25)12-14-22/h4-15,24,27H,3,16H2,1-2H3/t24-/m0/s1. The number of hydrazone groups is 1. The molecule has 7 nitrogen and oxygen atoms in total. The average molecular weight is 518 g/mol. The van der Waals surface area contributed by atoms with Crippen molar-refractivity contribution in [3.63, 3.8) is 0 Å². The van der Waals surface area contributed by atoms with Crippen molar-refractivity contribution < 1.29 is 16.8 Å². The molecule has 0 saturated carbocycles. The molecule has 1 aliphatic rings. The van der Waals surface area contributed by atoms with Crippen LogP contribution in [0, 0.1) is 6.92 Å². The van der Waals surface area contributed by atoms with E-state index in [0.717, 1.165) is 15.5 Å². The van der Waals surface area contributed by atoms with Crippen LogP contribution in [-0.2, 0) is 20.0 Å². The molecule has 0 fully saturated rings. The zero-order valence-electron chi connectivity index (χ0n) is 18.6. The first-order valence-corrected chi connectivity index (χ1v) is 14.1. The molecule has 0 spiro atoms. The Labute approximate surface area is 205 Å². The van der Waals surface area contributed by atoms with Crippen molar-refractivity contribution in [2.45, 2.75) is 31.2 Å². The van der Waals surface area contributed by atoms with E-state index in [9.17, 15) is 16.8 Å². The van der Waals surface area contributed by atoms with E-state index in [1.54, 1.807) is 31.2 Å². The van der Waals surface area contributed by atoms with Crippen molar-refractivity contribution >= 4 is 43.0 Å². The molecule has 0 unspecified atom stereocenters. The maximum Gasteiger partial charge on any atom is 0.279 e. The fourth-order valence-corrected chi connectivity index (χ4v) is 5.84. The predicted molar refractivity (Wildman–Crippen MR) is 135 cm³/mol. The van der Waals surface area contributed by atoms with E-state index in [1.165, 1.54) is 24.3 Å². The third kappa shape index (κ3) is 5.11. The molecule has 4 rings (SSSR count). The van der Waals surface area contributed by atoms with Gasteiger partial charge in [-0.25, -0.2) is 8.42 Å². The fourth-order valence-electron chi connectivity index (χ4n) is 3.65. The molecule has 0 saturated heterocycles. The van der Waals surface area contributed by atoms with Crippen LogP contribution in [0.1, 0.15) is 36.1 Å². The summed E-state index contributed by atoms with van der Waals surface area (Å²) in [7, 11) is -7.42. The molecule has 1 atom stereocenters. The van der Waals surface area contributed by atoms with Gasteiger partial charge in [0.25, 0.3) is 10.0 Å². The van der Waals surface area contributed by atoms with E-state index in [4.69, 9.17) is 11.6 Å². The summed E-state index contributed by atoms with van der Waals surface area (Å²) in [4.78, 5) is 0.0865. The van der Waals surface area contributed by atoms with Crippen LogP contribution in [0.25, 0.3) is 0 Å². The highest BCUT2D eigenvalue weighted by Crippen LogP contribution is 2.37. The minimum Gasteiger partial charge on any atom is -0.284 e. The van der Waals surface area contributed by atoms with Crippen molar-refractivity contribution in [3.05, 3.63) is 94.5 Å². The topological polar surface area (TPSA) is 95.9 Å². The van der Waals surface area contributed by atoms with Crippen molar-refractivity contribution in [2.75, 3.05) is 10.5 Å². The minimum atomic E-state index is -3.97. The Bertz CT molecular complexity index is 1440. The number of halogens is 1. The largest absolute Gasteiger partial charge is 0.284 e. The van der Waals surface area contributed by atoms with E-state index < -0.39 is 26.1 Å². The van der Waals surface area contributed by atoms with Crippen molar-refractivity contribution in [1.82, 2.24) is 4.41 Å². The van der Waals surface area contributed by atoms with Crippen LogP contribution in [-0.4, -0.2) is 32.7 Å². The third-order valence-corrected chi connectivity index (χ3v) is 8.80. The Morgan fingerprint density at radius 1 is 1.00 bits per heavy atom. The Morgan fingerprint density at radius 3 is 2.32 bits per heavy atom. The summed E-state index contributed by atoms with van der Waals surface area (Å²) < 4.78 is 54.7. The number of hydrogen-bond donors (Lipinski definition) is 1. The number of hydrogen-bond acceptors (Lipinski definition) is 5. The molecule has 1 heterocycles. The maximum atomic E-state index is 13.6. The number of aryl methyl sites for hydroxylation is 1. The molecule has 0 aromatic heterocycles. The first-order valence-electron chi connectivity index (χ1n) is 10.6. The molecule has 0 amide bonds. The second kappa shape index (κ2) is 9.40. The minimum absolute atomic E-state index is 0.0548. The number of anilines is 1. The van der Waals surface area contributed by atoms with Crippen molar-refractivity contribution in [1.29, 1.82) is 0 Å². The molecule has 178 valence electrons. The highest BCUT2D eigenvalue weighted by atomic mass is 35.5. The number of nitrogens with one attached hydrogen (secondary N) is 1. The monoisotopic (exact) mass is 517 g/mol. The van der Waals surface area contributed by atoms with Gasteiger partial charge >= 0.3 is 0 Å². The van der Waals surface area contributed by atoms with Crippen LogP contribution in [0.15, 0.2) is 82.8 Å². The van der Waals surface area contributed by atoms with Crippen LogP contribution >= 0.6 is 11.6 Å². The van der Waals surface area contributed by atoms with Crippen LogP contribution in [0.3, 0.4) is 0 Å². The van der Waals surface area contributed by atoms with E-state index in [0.29, 0.717) is 28.4 Å². The molecule has 0 radical (unpaired) electrons. The van der Waals surface area contributed by atoms with Gasteiger partial charge in [-0.15, -0.1) is 0 Å². The van der Waals surface area contributed by atoms with Gasteiger partial charge in [-0.2, -0.15) is 17.9 Å². The lowest BCUT2D eigenvalue weighted by molar-refractivity contribution is 0.371. The second-order valence-electron chi connectivity index (χ2n) is 8.00. The van der Waals surface area contributed by atoms with Gasteiger partial charge in [-0.3, -0.25) is 4.72 Å². The summed E-state index contributed by atoms with van der Waals surface area (Å²) in [5.74, 6) is -0.0548. The lowest BCUT2D eigenvalue weighted by Crippen LogP contribution is -2.27. The number of rotatable bonds is 7. The molecule has 3 aromatic carbocycles. The van der Waals surface area contributed by atoms with E-state index >= 15 is 0 Å². The smallest absolute Gasteiger partial charge is 0.279 e. The lowest BCUT2D eigenvalue weighted by atomic mass is 9.98. The molecule has 0 bridgehead atoms. The molecule has 1 N–H and O–H groups in total. The highest BCUT2D eigenvalue weighted by Gasteiger charge is 2.37. The second-order valence-corrected chi connectivity index (χ2v) is 12.2. The molecule has 34 heavy (non-hydrogen) atoms. The first kappa shape index (κ1) is 24.3. The zero-order valence-corrected chi connectivity index (χ0v) is 21.0. The van der Waals surface area contributed by atoms with E-state index in [1.807, 2.05) is 31.2 Å². The van der Waals surface area contributed by atoms with Crippen LogP contribution in [0.5, 0.6) is 0 Å².